The van der Waals surface area contributed by atoms with E-state index in [2.05, 4.69) is 25.7 Å². The van der Waals surface area contributed by atoms with Crippen LogP contribution in [-0.2, 0) is 0 Å². The molecule has 13 heavy (non-hydrogen) atoms. The van der Waals surface area contributed by atoms with Gasteiger partial charge in [-0.05, 0) is 24.5 Å². The van der Waals surface area contributed by atoms with Gasteiger partial charge in [-0.25, -0.2) is 4.79 Å². The summed E-state index contributed by atoms with van der Waals surface area (Å²) < 4.78 is 0. The average Bonchev–Trinajstić information content (AvgIpc) is 2.03. The van der Waals surface area contributed by atoms with Crippen LogP contribution in [0.1, 0.15) is 20.3 Å². The SMILES string of the molecule is C=CNC(=O)N1CC(C)CC(C)C1. The Balaban J connectivity index is 2.49. The number of rotatable bonds is 1. The summed E-state index contributed by atoms with van der Waals surface area (Å²) >= 11 is 0. The zero-order valence-electron chi connectivity index (χ0n) is 8.42. The molecule has 0 radical (unpaired) electrons. The number of piperidine rings is 1. The van der Waals surface area contributed by atoms with Crippen molar-refractivity contribution in [3.8, 4) is 0 Å². The predicted molar refractivity (Wildman–Crippen MR) is 53.2 cm³/mol. The van der Waals surface area contributed by atoms with Crippen molar-refractivity contribution in [2.45, 2.75) is 20.3 Å². The summed E-state index contributed by atoms with van der Waals surface area (Å²) in [6.45, 7) is 9.57. The molecule has 2 amide bonds. The number of hydrogen-bond donors (Lipinski definition) is 1. The number of nitrogens with zero attached hydrogens (tertiary/aromatic N) is 1. The first-order valence-electron chi connectivity index (χ1n) is 4.79. The first-order chi connectivity index (χ1) is 6.13. The molecule has 0 spiro atoms. The zero-order valence-corrected chi connectivity index (χ0v) is 8.42. The summed E-state index contributed by atoms with van der Waals surface area (Å²) in [5, 5.41) is 2.61. The highest BCUT2D eigenvalue weighted by Crippen LogP contribution is 2.20. The summed E-state index contributed by atoms with van der Waals surface area (Å²) in [5.41, 5.74) is 0. The molecule has 0 saturated carbocycles. The van der Waals surface area contributed by atoms with Gasteiger partial charge in [0.15, 0.2) is 0 Å². The largest absolute Gasteiger partial charge is 0.324 e. The molecule has 1 aliphatic rings. The van der Waals surface area contributed by atoms with Gasteiger partial charge in [-0.2, -0.15) is 0 Å². The van der Waals surface area contributed by atoms with Gasteiger partial charge < -0.3 is 10.2 Å². The fourth-order valence-electron chi connectivity index (χ4n) is 2.01. The summed E-state index contributed by atoms with van der Waals surface area (Å²) in [6, 6.07) is -0.0200. The maximum atomic E-state index is 11.4. The van der Waals surface area contributed by atoms with E-state index in [0.717, 1.165) is 13.1 Å². The van der Waals surface area contributed by atoms with Crippen molar-refractivity contribution >= 4 is 6.03 Å². The number of likely N-dealkylation sites (tertiary alicyclic amines) is 1. The summed E-state index contributed by atoms with van der Waals surface area (Å²) in [7, 11) is 0. The molecule has 74 valence electrons. The van der Waals surface area contributed by atoms with Crippen LogP contribution in [0.3, 0.4) is 0 Å². The van der Waals surface area contributed by atoms with E-state index in [4.69, 9.17) is 0 Å². The third kappa shape index (κ3) is 2.76. The Labute approximate surface area is 79.8 Å². The Morgan fingerprint density at radius 3 is 2.46 bits per heavy atom. The Hall–Kier alpha value is -0.990. The standard InChI is InChI=1S/C10H18N2O/c1-4-11-10(13)12-6-8(2)5-9(3)7-12/h4,8-9H,1,5-7H2,2-3H3,(H,11,13). The minimum atomic E-state index is -0.0200. The van der Waals surface area contributed by atoms with Crippen molar-refractivity contribution in [2.24, 2.45) is 11.8 Å². The number of carbonyl (C=O) groups excluding carboxylic acids is 1. The molecule has 1 fully saturated rings. The lowest BCUT2D eigenvalue weighted by atomic mass is 9.92. The van der Waals surface area contributed by atoms with E-state index in [1.807, 2.05) is 4.90 Å². The molecule has 2 atom stereocenters. The monoisotopic (exact) mass is 182 g/mol. The molecular formula is C10H18N2O. The van der Waals surface area contributed by atoms with Gasteiger partial charge in [0.25, 0.3) is 0 Å². The minimum absolute atomic E-state index is 0.0200. The Kier molecular flexibility index (Phi) is 3.34. The topological polar surface area (TPSA) is 32.3 Å². The summed E-state index contributed by atoms with van der Waals surface area (Å²) in [4.78, 5) is 13.3. The second kappa shape index (κ2) is 4.30. The Bertz CT molecular complexity index is 193. The molecule has 3 heteroatoms. The molecule has 1 aliphatic heterocycles. The van der Waals surface area contributed by atoms with Crippen LogP contribution in [0, 0.1) is 11.8 Å². The quantitative estimate of drug-likeness (QED) is 0.659. The van der Waals surface area contributed by atoms with E-state index in [0.29, 0.717) is 11.8 Å². The fourth-order valence-corrected chi connectivity index (χ4v) is 2.01. The van der Waals surface area contributed by atoms with E-state index in [1.54, 1.807) is 0 Å². The maximum absolute atomic E-state index is 11.4. The molecule has 1 rings (SSSR count). The lowest BCUT2D eigenvalue weighted by Crippen LogP contribution is -2.46. The van der Waals surface area contributed by atoms with E-state index in [-0.39, 0.29) is 6.03 Å². The molecule has 1 saturated heterocycles. The second-order valence-corrected chi connectivity index (χ2v) is 4.00. The highest BCUT2D eigenvalue weighted by Gasteiger charge is 2.24. The van der Waals surface area contributed by atoms with Crippen LogP contribution >= 0.6 is 0 Å². The molecule has 1 heterocycles. The first-order valence-corrected chi connectivity index (χ1v) is 4.79. The molecule has 0 aromatic rings. The molecular weight excluding hydrogens is 164 g/mol. The van der Waals surface area contributed by atoms with Crippen molar-refractivity contribution in [3.05, 3.63) is 12.8 Å². The van der Waals surface area contributed by atoms with Crippen molar-refractivity contribution < 1.29 is 4.79 Å². The van der Waals surface area contributed by atoms with Gasteiger partial charge in [0.2, 0.25) is 0 Å². The molecule has 2 unspecified atom stereocenters. The van der Waals surface area contributed by atoms with Crippen LogP contribution < -0.4 is 5.32 Å². The van der Waals surface area contributed by atoms with Crippen LogP contribution in [0.25, 0.3) is 0 Å². The normalized spacial score (nSPS) is 28.3. The van der Waals surface area contributed by atoms with Crippen LogP contribution in [0.5, 0.6) is 0 Å². The van der Waals surface area contributed by atoms with Gasteiger partial charge in [-0.1, -0.05) is 20.4 Å². The van der Waals surface area contributed by atoms with Crippen molar-refractivity contribution in [3.63, 3.8) is 0 Å². The predicted octanol–water partition coefficient (Wildman–Crippen LogP) is 1.82. The summed E-state index contributed by atoms with van der Waals surface area (Å²) in [5.74, 6) is 1.22. The van der Waals surface area contributed by atoms with Crippen LogP contribution in [0.2, 0.25) is 0 Å². The number of urea groups is 1. The molecule has 0 aromatic heterocycles. The fraction of sp³-hybridized carbons (Fsp3) is 0.700. The van der Waals surface area contributed by atoms with Gasteiger partial charge in [-0.15, -0.1) is 0 Å². The van der Waals surface area contributed by atoms with Gasteiger partial charge >= 0.3 is 6.03 Å². The summed E-state index contributed by atoms with van der Waals surface area (Å²) in [6.07, 6.45) is 2.66. The molecule has 0 bridgehead atoms. The van der Waals surface area contributed by atoms with Gasteiger partial charge in [0.05, 0.1) is 0 Å². The van der Waals surface area contributed by atoms with Gasteiger partial charge in [-0.3, -0.25) is 0 Å². The van der Waals surface area contributed by atoms with Crippen molar-refractivity contribution in [1.29, 1.82) is 0 Å². The second-order valence-electron chi connectivity index (χ2n) is 4.00. The van der Waals surface area contributed by atoms with E-state index in [9.17, 15) is 4.79 Å². The Morgan fingerprint density at radius 1 is 1.46 bits per heavy atom. The van der Waals surface area contributed by atoms with E-state index >= 15 is 0 Å². The lowest BCUT2D eigenvalue weighted by Gasteiger charge is -2.34. The lowest BCUT2D eigenvalue weighted by molar-refractivity contribution is 0.149. The van der Waals surface area contributed by atoms with Crippen LogP contribution in [-0.4, -0.2) is 24.0 Å². The van der Waals surface area contributed by atoms with E-state index < -0.39 is 0 Å². The zero-order chi connectivity index (χ0) is 9.84. The smallest absolute Gasteiger partial charge is 0.321 e. The first kappa shape index (κ1) is 10.1. The third-order valence-electron chi connectivity index (χ3n) is 2.38. The van der Waals surface area contributed by atoms with Crippen LogP contribution in [0.4, 0.5) is 4.79 Å². The van der Waals surface area contributed by atoms with Crippen molar-refractivity contribution in [1.82, 2.24) is 10.2 Å². The molecule has 0 aromatic carbocycles. The van der Waals surface area contributed by atoms with Gasteiger partial charge in [0.1, 0.15) is 0 Å². The maximum Gasteiger partial charge on any atom is 0.321 e. The number of amides is 2. The van der Waals surface area contributed by atoms with Gasteiger partial charge in [0, 0.05) is 13.1 Å². The van der Waals surface area contributed by atoms with Crippen molar-refractivity contribution in [2.75, 3.05) is 13.1 Å². The number of hydrogen-bond acceptors (Lipinski definition) is 1. The minimum Gasteiger partial charge on any atom is -0.324 e. The highest BCUT2D eigenvalue weighted by molar-refractivity contribution is 5.75. The average molecular weight is 182 g/mol. The number of nitrogens with one attached hydrogen (secondary N) is 1. The number of carbonyl (C=O) groups is 1. The van der Waals surface area contributed by atoms with E-state index in [1.165, 1.54) is 12.6 Å². The Morgan fingerprint density at radius 2 is 2.00 bits per heavy atom. The highest BCUT2D eigenvalue weighted by atomic mass is 16.2. The molecule has 1 N–H and O–H groups in total. The third-order valence-corrected chi connectivity index (χ3v) is 2.38. The van der Waals surface area contributed by atoms with Crippen LogP contribution in [0.15, 0.2) is 12.8 Å². The molecule has 3 nitrogen and oxygen atoms in total. The molecule has 0 aliphatic carbocycles.